The molecule has 1 atom stereocenters. The molecule has 3 aromatic rings. The number of aryl methyl sites for hydroxylation is 1. The summed E-state index contributed by atoms with van der Waals surface area (Å²) in [5.74, 6) is 0.915. The molecule has 1 aliphatic heterocycles. The Morgan fingerprint density at radius 3 is 2.39 bits per heavy atom. The minimum absolute atomic E-state index is 0.119. The van der Waals surface area contributed by atoms with Crippen LogP contribution in [0.5, 0.6) is 5.75 Å². The Bertz CT molecular complexity index is 1160. The van der Waals surface area contributed by atoms with Crippen LogP contribution in [0.1, 0.15) is 47.6 Å². The zero-order valence-electron chi connectivity index (χ0n) is 21.7. The summed E-state index contributed by atoms with van der Waals surface area (Å²) >= 11 is 6.18. The molecule has 0 amide bonds. The van der Waals surface area contributed by atoms with Crippen molar-refractivity contribution < 1.29 is 13.9 Å². The van der Waals surface area contributed by atoms with Crippen LogP contribution in [0.15, 0.2) is 66.7 Å². The van der Waals surface area contributed by atoms with E-state index in [-0.39, 0.29) is 18.1 Å². The van der Waals surface area contributed by atoms with Gasteiger partial charge in [-0.2, -0.15) is 0 Å². The highest BCUT2D eigenvalue weighted by Gasteiger charge is 2.47. The number of benzene rings is 3. The number of terminal acetylenes is 1. The number of alkyl halides is 1. The molecule has 1 fully saturated rings. The first-order chi connectivity index (χ1) is 18.7. The molecule has 2 aliphatic rings. The van der Waals surface area contributed by atoms with E-state index in [0.29, 0.717) is 19.6 Å². The van der Waals surface area contributed by atoms with Gasteiger partial charge in [-0.1, -0.05) is 48.4 Å². The van der Waals surface area contributed by atoms with Crippen LogP contribution in [-0.4, -0.2) is 33.2 Å². The first-order valence-corrected chi connectivity index (χ1v) is 13.3. The second kappa shape index (κ2) is 14.6. The van der Waals surface area contributed by atoms with Crippen molar-refractivity contribution in [1.29, 1.82) is 0 Å². The second-order valence-electron chi connectivity index (χ2n) is 9.43. The predicted molar refractivity (Wildman–Crippen MR) is 155 cm³/mol. The summed E-state index contributed by atoms with van der Waals surface area (Å²) in [7, 11) is 0. The highest BCUT2D eigenvalue weighted by atomic mass is 35.5. The molecule has 1 unspecified atom stereocenters. The number of hydrogen-bond donors (Lipinski definition) is 2. The van der Waals surface area contributed by atoms with Crippen LogP contribution >= 0.6 is 11.6 Å². The second-order valence-corrected chi connectivity index (χ2v) is 9.86. The minimum Gasteiger partial charge on any atom is -0.492 e. The number of anilines is 1. The first-order valence-electron chi connectivity index (χ1n) is 12.9. The lowest BCUT2D eigenvalue weighted by Crippen LogP contribution is -2.49. The van der Waals surface area contributed by atoms with E-state index in [1.165, 1.54) is 36.0 Å². The molecule has 5 rings (SSSR count). The summed E-state index contributed by atoms with van der Waals surface area (Å²) in [5.41, 5.74) is 6.33. The summed E-state index contributed by atoms with van der Waals surface area (Å²) in [6.07, 6.45) is 13.1. The van der Waals surface area contributed by atoms with Gasteiger partial charge in [0.2, 0.25) is 0 Å². The fourth-order valence-corrected chi connectivity index (χ4v) is 5.59. The Labute approximate surface area is 230 Å². The number of rotatable bonds is 9. The third-order valence-corrected chi connectivity index (χ3v) is 7.68. The Morgan fingerprint density at radius 2 is 1.76 bits per heavy atom. The van der Waals surface area contributed by atoms with E-state index < -0.39 is 0 Å². The molecule has 2 N–H and O–H groups in total. The van der Waals surface area contributed by atoms with Crippen LogP contribution in [0.25, 0.3) is 0 Å². The van der Waals surface area contributed by atoms with E-state index in [4.69, 9.17) is 21.1 Å². The highest BCUT2D eigenvalue weighted by molar-refractivity contribution is 6.30. The predicted octanol–water partition coefficient (Wildman–Crippen LogP) is 6.72. The quantitative estimate of drug-likeness (QED) is 0.236. The molecule has 1 saturated carbocycles. The summed E-state index contributed by atoms with van der Waals surface area (Å²) in [5, 5.41) is 8.01. The molecule has 1 heterocycles. The Kier molecular flexibility index (Phi) is 11.2. The number of carbonyl (C=O) groups is 1. The third-order valence-electron chi connectivity index (χ3n) is 7.43. The van der Waals surface area contributed by atoms with Crippen LogP contribution in [0.3, 0.4) is 0 Å². The van der Waals surface area contributed by atoms with E-state index in [2.05, 4.69) is 53.8 Å². The third kappa shape index (κ3) is 6.75. The summed E-state index contributed by atoms with van der Waals surface area (Å²) < 4.78 is 18.6. The van der Waals surface area contributed by atoms with Crippen molar-refractivity contribution in [3.05, 3.63) is 94.0 Å². The zero-order chi connectivity index (χ0) is 27.4. The number of fused-ring (bicyclic) bond motifs is 1. The molecular weight excluding hydrogens is 499 g/mol. The van der Waals surface area contributed by atoms with E-state index >= 15 is 0 Å². The lowest BCUT2D eigenvalue weighted by Gasteiger charge is -2.50. The van der Waals surface area contributed by atoms with E-state index in [1.54, 1.807) is 0 Å². The van der Waals surface area contributed by atoms with Crippen LogP contribution in [0.4, 0.5) is 10.1 Å². The SMILES string of the molecule is C#C.C=O.FCCc1ccc(NCCOc2ccc3c(c2)C(C2(c4ccc(Cl)cc4)CCC2)NCC3)cc1. The van der Waals surface area contributed by atoms with Gasteiger partial charge in [-0.15, -0.1) is 12.8 Å². The fraction of sp³-hybridized carbons (Fsp3) is 0.344. The monoisotopic (exact) mass is 534 g/mol. The van der Waals surface area contributed by atoms with Crippen LogP contribution < -0.4 is 15.4 Å². The normalized spacial score (nSPS) is 16.8. The van der Waals surface area contributed by atoms with Crippen molar-refractivity contribution in [1.82, 2.24) is 5.32 Å². The van der Waals surface area contributed by atoms with Crippen LogP contribution in [0.2, 0.25) is 5.02 Å². The molecular formula is C32H36ClFN2O2. The summed E-state index contributed by atoms with van der Waals surface area (Å²) in [4.78, 5) is 8.00. The standard InChI is InChI=1S/C29H32ClFN2O.C2H2.CH2O/c30-24-7-5-23(6-8-24)29(14-1-15-29)28-27-20-26(11-4-22(27)13-17-33-28)34-19-18-32-25-9-2-21(3-10-25)12-16-31;2*1-2/h2-11,20,28,32-33H,1,12-19H2;1-2H;1H2. The zero-order valence-corrected chi connectivity index (χ0v) is 22.5. The van der Waals surface area contributed by atoms with Crippen molar-refractivity contribution in [3.8, 4) is 18.6 Å². The van der Waals surface area contributed by atoms with Gasteiger partial charge in [-0.3, -0.25) is 4.39 Å². The van der Waals surface area contributed by atoms with Crippen molar-refractivity contribution in [3.63, 3.8) is 0 Å². The van der Waals surface area contributed by atoms with Crippen LogP contribution in [0, 0.1) is 12.8 Å². The van der Waals surface area contributed by atoms with E-state index in [1.807, 2.05) is 43.2 Å². The number of carbonyl (C=O) groups excluding carboxylic acids is 1. The fourth-order valence-electron chi connectivity index (χ4n) is 5.46. The number of halogens is 2. The molecule has 6 heteroatoms. The average Bonchev–Trinajstić information content (AvgIpc) is 2.95. The number of ether oxygens (including phenoxy) is 1. The molecule has 0 spiro atoms. The van der Waals surface area contributed by atoms with Crippen molar-refractivity contribution in [2.75, 3.05) is 31.7 Å². The minimum atomic E-state index is -0.321. The maximum absolute atomic E-state index is 12.5. The maximum Gasteiger partial charge on any atom is 0.119 e. The largest absolute Gasteiger partial charge is 0.492 e. The number of nitrogens with one attached hydrogen (secondary N) is 2. The summed E-state index contributed by atoms with van der Waals surface area (Å²) in [6, 6.07) is 23.2. The van der Waals surface area contributed by atoms with Gasteiger partial charge >= 0.3 is 0 Å². The molecule has 0 saturated heterocycles. The molecule has 0 radical (unpaired) electrons. The van der Waals surface area contributed by atoms with E-state index in [0.717, 1.165) is 35.0 Å². The van der Waals surface area contributed by atoms with Gasteiger partial charge in [-0.05, 0) is 84.5 Å². The van der Waals surface area contributed by atoms with Gasteiger partial charge in [0.25, 0.3) is 0 Å². The Morgan fingerprint density at radius 1 is 1.05 bits per heavy atom. The summed E-state index contributed by atoms with van der Waals surface area (Å²) in [6.45, 7) is 3.96. The smallest absolute Gasteiger partial charge is 0.119 e. The molecule has 0 bridgehead atoms. The van der Waals surface area contributed by atoms with Crippen LogP contribution in [-0.2, 0) is 23.1 Å². The first kappa shape index (κ1) is 29.2. The molecule has 200 valence electrons. The molecule has 0 aromatic heterocycles. The lowest BCUT2D eigenvalue weighted by molar-refractivity contribution is -0.0980. The van der Waals surface area contributed by atoms with Crippen molar-refractivity contribution in [2.24, 2.45) is 0 Å². The van der Waals surface area contributed by atoms with Gasteiger partial charge in [-0.25, -0.2) is 0 Å². The topological polar surface area (TPSA) is 50.4 Å². The van der Waals surface area contributed by atoms with Crippen molar-refractivity contribution in [2.45, 2.75) is 43.6 Å². The van der Waals surface area contributed by atoms with Gasteiger partial charge in [0.05, 0.1) is 6.67 Å². The lowest BCUT2D eigenvalue weighted by atomic mass is 9.58. The van der Waals surface area contributed by atoms with Crippen molar-refractivity contribution >= 4 is 24.1 Å². The van der Waals surface area contributed by atoms with Gasteiger partial charge in [0.15, 0.2) is 0 Å². The highest BCUT2D eigenvalue weighted by Crippen LogP contribution is 2.53. The average molecular weight is 535 g/mol. The Hall–Kier alpha value is -3.33. The Balaban J connectivity index is 0.000000956. The molecule has 38 heavy (non-hydrogen) atoms. The molecule has 3 aromatic carbocycles. The number of hydrogen-bond acceptors (Lipinski definition) is 4. The van der Waals surface area contributed by atoms with E-state index in [9.17, 15) is 4.39 Å². The maximum atomic E-state index is 12.5. The van der Waals surface area contributed by atoms with Gasteiger partial charge in [0.1, 0.15) is 19.1 Å². The van der Waals surface area contributed by atoms with Gasteiger partial charge in [0, 0.05) is 35.1 Å². The van der Waals surface area contributed by atoms with Gasteiger partial charge < -0.3 is 20.2 Å². The molecule has 4 nitrogen and oxygen atoms in total. The molecule has 1 aliphatic carbocycles.